The standard InChI is InChI=1S/C14H13ClN2OS2/c15-10-3-5-11(6-4-10)16-14(18)17-7-9-20-13(17)12-2-1-8-19-12/h1-6,8,13H,7,9H2,(H,16,18). The molecule has 3 nitrogen and oxygen atoms in total. The molecule has 2 aromatic rings. The van der Waals surface area contributed by atoms with Gasteiger partial charge < -0.3 is 10.2 Å². The molecule has 1 N–H and O–H groups in total. The monoisotopic (exact) mass is 324 g/mol. The van der Waals surface area contributed by atoms with Crippen LogP contribution in [0.2, 0.25) is 5.02 Å². The van der Waals surface area contributed by atoms with Crippen molar-refractivity contribution in [3.05, 3.63) is 51.7 Å². The van der Waals surface area contributed by atoms with Gasteiger partial charge in [-0.05, 0) is 35.7 Å². The highest BCUT2D eigenvalue weighted by atomic mass is 35.5. The van der Waals surface area contributed by atoms with Crippen molar-refractivity contribution < 1.29 is 4.79 Å². The molecule has 0 radical (unpaired) electrons. The number of urea groups is 1. The fourth-order valence-corrected chi connectivity index (χ4v) is 4.44. The SMILES string of the molecule is O=C(Nc1ccc(Cl)cc1)N1CCSC1c1cccs1. The number of benzene rings is 1. The third-order valence-corrected chi connectivity index (χ3v) is 5.60. The summed E-state index contributed by atoms with van der Waals surface area (Å²) < 4.78 is 0. The van der Waals surface area contributed by atoms with Crippen molar-refractivity contribution in [2.45, 2.75) is 5.37 Å². The average Bonchev–Trinajstić information content (AvgIpc) is 3.11. The number of halogens is 1. The summed E-state index contributed by atoms with van der Waals surface area (Å²) in [5.41, 5.74) is 0.765. The maximum atomic E-state index is 12.4. The van der Waals surface area contributed by atoms with Crippen molar-refractivity contribution in [2.24, 2.45) is 0 Å². The molecule has 1 fully saturated rings. The van der Waals surface area contributed by atoms with E-state index >= 15 is 0 Å². The Balaban J connectivity index is 1.71. The number of amides is 2. The van der Waals surface area contributed by atoms with Gasteiger partial charge in [0, 0.05) is 27.9 Å². The van der Waals surface area contributed by atoms with Crippen LogP contribution in [0, 0.1) is 0 Å². The molecule has 6 heteroatoms. The molecule has 0 saturated carbocycles. The Morgan fingerprint density at radius 1 is 1.30 bits per heavy atom. The summed E-state index contributed by atoms with van der Waals surface area (Å²) in [6.45, 7) is 0.770. The minimum atomic E-state index is -0.0595. The lowest BCUT2D eigenvalue weighted by Crippen LogP contribution is -2.34. The zero-order valence-electron chi connectivity index (χ0n) is 10.6. The second-order valence-electron chi connectivity index (χ2n) is 4.37. The van der Waals surface area contributed by atoms with Gasteiger partial charge in [0.1, 0.15) is 5.37 Å². The Morgan fingerprint density at radius 3 is 2.80 bits per heavy atom. The van der Waals surface area contributed by atoms with Gasteiger partial charge in [-0.15, -0.1) is 23.1 Å². The first-order valence-corrected chi connectivity index (χ1v) is 8.53. The number of hydrogen-bond donors (Lipinski definition) is 1. The number of rotatable bonds is 2. The van der Waals surface area contributed by atoms with E-state index in [2.05, 4.69) is 11.4 Å². The minimum absolute atomic E-state index is 0.0595. The molecule has 3 rings (SSSR count). The van der Waals surface area contributed by atoms with Crippen LogP contribution in [0.4, 0.5) is 10.5 Å². The molecule has 1 atom stereocenters. The first-order chi connectivity index (χ1) is 9.74. The van der Waals surface area contributed by atoms with E-state index in [1.807, 2.05) is 28.5 Å². The third kappa shape index (κ3) is 2.95. The lowest BCUT2D eigenvalue weighted by atomic mass is 10.3. The van der Waals surface area contributed by atoms with Crippen LogP contribution in [-0.2, 0) is 0 Å². The molecule has 1 aliphatic rings. The Morgan fingerprint density at radius 2 is 2.10 bits per heavy atom. The van der Waals surface area contributed by atoms with Gasteiger partial charge in [0.15, 0.2) is 0 Å². The van der Waals surface area contributed by atoms with Crippen molar-refractivity contribution in [3.8, 4) is 0 Å². The first kappa shape index (κ1) is 13.8. The highest BCUT2D eigenvalue weighted by molar-refractivity contribution is 7.99. The maximum Gasteiger partial charge on any atom is 0.323 e. The predicted octanol–water partition coefficient (Wildman–Crippen LogP) is 4.68. The number of thioether (sulfide) groups is 1. The van der Waals surface area contributed by atoms with E-state index in [0.29, 0.717) is 5.02 Å². The second kappa shape index (κ2) is 6.08. The van der Waals surface area contributed by atoms with Crippen molar-refractivity contribution in [1.29, 1.82) is 0 Å². The number of hydrogen-bond acceptors (Lipinski definition) is 3. The molecule has 1 aromatic carbocycles. The van der Waals surface area contributed by atoms with E-state index in [9.17, 15) is 4.79 Å². The molecular weight excluding hydrogens is 312 g/mol. The fourth-order valence-electron chi connectivity index (χ4n) is 2.07. The van der Waals surface area contributed by atoms with Gasteiger partial charge in [0.25, 0.3) is 0 Å². The normalized spacial score (nSPS) is 18.2. The summed E-state index contributed by atoms with van der Waals surface area (Å²) in [5.74, 6) is 0.969. The Bertz CT molecular complexity index is 586. The number of nitrogens with one attached hydrogen (secondary N) is 1. The molecule has 2 heterocycles. The van der Waals surface area contributed by atoms with E-state index in [-0.39, 0.29) is 11.4 Å². The largest absolute Gasteiger partial charge is 0.323 e. The van der Waals surface area contributed by atoms with Gasteiger partial charge in [0.05, 0.1) is 0 Å². The maximum absolute atomic E-state index is 12.4. The Kier molecular flexibility index (Phi) is 4.19. The Hall–Kier alpha value is -1.17. The van der Waals surface area contributed by atoms with Crippen molar-refractivity contribution in [2.75, 3.05) is 17.6 Å². The zero-order valence-corrected chi connectivity index (χ0v) is 13.0. The molecule has 0 spiro atoms. The zero-order chi connectivity index (χ0) is 13.9. The van der Waals surface area contributed by atoms with Crippen LogP contribution < -0.4 is 5.32 Å². The van der Waals surface area contributed by atoms with Gasteiger partial charge in [-0.25, -0.2) is 4.79 Å². The summed E-state index contributed by atoms with van der Waals surface area (Å²) in [4.78, 5) is 15.5. The molecule has 2 amide bonds. The summed E-state index contributed by atoms with van der Waals surface area (Å²) in [5, 5.41) is 5.76. The molecule has 0 bridgehead atoms. The summed E-state index contributed by atoms with van der Waals surface area (Å²) in [7, 11) is 0. The van der Waals surface area contributed by atoms with Crippen LogP contribution >= 0.6 is 34.7 Å². The number of nitrogens with zero attached hydrogens (tertiary/aromatic N) is 1. The van der Waals surface area contributed by atoms with Gasteiger partial charge in [-0.3, -0.25) is 0 Å². The highest BCUT2D eigenvalue weighted by Gasteiger charge is 2.31. The van der Waals surface area contributed by atoms with E-state index in [1.165, 1.54) is 4.88 Å². The lowest BCUT2D eigenvalue weighted by Gasteiger charge is -2.23. The first-order valence-electron chi connectivity index (χ1n) is 6.22. The molecule has 1 unspecified atom stereocenters. The number of carbonyl (C=O) groups excluding carboxylic acids is 1. The molecule has 1 aliphatic heterocycles. The van der Waals surface area contributed by atoms with E-state index in [0.717, 1.165) is 18.0 Å². The van der Waals surface area contributed by atoms with Crippen LogP contribution in [-0.4, -0.2) is 23.2 Å². The molecule has 0 aliphatic carbocycles. The summed E-state index contributed by atoms with van der Waals surface area (Å²) in [6.07, 6.45) is 0. The van der Waals surface area contributed by atoms with E-state index in [4.69, 9.17) is 11.6 Å². The summed E-state index contributed by atoms with van der Waals surface area (Å²) >= 11 is 9.33. The van der Waals surface area contributed by atoms with Crippen molar-refractivity contribution in [1.82, 2.24) is 4.90 Å². The highest BCUT2D eigenvalue weighted by Crippen LogP contribution is 2.40. The number of thiophene rings is 1. The second-order valence-corrected chi connectivity index (χ2v) is 6.97. The van der Waals surface area contributed by atoms with Gasteiger partial charge in [0.2, 0.25) is 0 Å². The fraction of sp³-hybridized carbons (Fsp3) is 0.214. The smallest absolute Gasteiger partial charge is 0.308 e. The number of carbonyl (C=O) groups is 1. The van der Waals surface area contributed by atoms with Crippen LogP contribution in [0.3, 0.4) is 0 Å². The van der Waals surface area contributed by atoms with Crippen LogP contribution in [0.5, 0.6) is 0 Å². The van der Waals surface area contributed by atoms with E-state index < -0.39 is 0 Å². The van der Waals surface area contributed by atoms with Gasteiger partial charge in [-0.1, -0.05) is 17.7 Å². The quantitative estimate of drug-likeness (QED) is 0.869. The predicted molar refractivity (Wildman–Crippen MR) is 86.7 cm³/mol. The van der Waals surface area contributed by atoms with E-state index in [1.54, 1.807) is 35.2 Å². The van der Waals surface area contributed by atoms with Crippen molar-refractivity contribution >= 4 is 46.4 Å². The minimum Gasteiger partial charge on any atom is -0.308 e. The lowest BCUT2D eigenvalue weighted by molar-refractivity contribution is 0.215. The van der Waals surface area contributed by atoms with Gasteiger partial charge >= 0.3 is 6.03 Å². The molecule has 1 aromatic heterocycles. The summed E-state index contributed by atoms with van der Waals surface area (Å²) in [6, 6.07) is 11.2. The molecule has 1 saturated heterocycles. The van der Waals surface area contributed by atoms with Crippen molar-refractivity contribution in [3.63, 3.8) is 0 Å². The molecular formula is C14H13ClN2OS2. The Labute approximate surface area is 130 Å². The van der Waals surface area contributed by atoms with Crippen LogP contribution in [0.25, 0.3) is 0 Å². The topological polar surface area (TPSA) is 32.3 Å². The van der Waals surface area contributed by atoms with Crippen LogP contribution in [0.15, 0.2) is 41.8 Å². The van der Waals surface area contributed by atoms with Gasteiger partial charge in [-0.2, -0.15) is 0 Å². The third-order valence-electron chi connectivity index (χ3n) is 3.03. The number of anilines is 1. The molecule has 104 valence electrons. The van der Waals surface area contributed by atoms with Crippen LogP contribution in [0.1, 0.15) is 10.3 Å². The average molecular weight is 325 g/mol. The molecule has 20 heavy (non-hydrogen) atoms.